The van der Waals surface area contributed by atoms with Gasteiger partial charge in [-0.05, 0) is 30.2 Å². The minimum Gasteiger partial charge on any atom is -0.452 e. The molecule has 1 aromatic carbocycles. The fourth-order valence-electron chi connectivity index (χ4n) is 2.94. The molecule has 0 saturated heterocycles. The van der Waals surface area contributed by atoms with Crippen molar-refractivity contribution in [1.82, 2.24) is 4.98 Å². The largest absolute Gasteiger partial charge is 0.513 e. The summed E-state index contributed by atoms with van der Waals surface area (Å²) in [5, 5.41) is 0. The van der Waals surface area contributed by atoms with E-state index in [1.807, 2.05) is 24.3 Å². The summed E-state index contributed by atoms with van der Waals surface area (Å²) >= 11 is 0. The van der Waals surface area contributed by atoms with Gasteiger partial charge in [0, 0.05) is 18.2 Å². The first-order valence-corrected chi connectivity index (χ1v) is 7.77. The normalized spacial score (nSPS) is 15.4. The maximum Gasteiger partial charge on any atom is 0.513 e. The van der Waals surface area contributed by atoms with Gasteiger partial charge in [-0.3, -0.25) is 9.88 Å². The Morgan fingerprint density at radius 1 is 1.16 bits per heavy atom. The number of benzene rings is 1. The van der Waals surface area contributed by atoms with Crippen LogP contribution in [0.15, 0.2) is 42.6 Å². The van der Waals surface area contributed by atoms with E-state index in [-0.39, 0.29) is 12.0 Å². The number of methoxy groups -OCH3 is 2. The highest BCUT2D eigenvalue weighted by atomic mass is 16.7. The van der Waals surface area contributed by atoms with Crippen molar-refractivity contribution in [1.29, 1.82) is 0 Å². The molecule has 2 aromatic rings. The lowest BCUT2D eigenvalue weighted by molar-refractivity contribution is 0.121. The second kappa shape index (κ2) is 7.21. The lowest BCUT2D eigenvalue weighted by Gasteiger charge is -2.15. The van der Waals surface area contributed by atoms with Gasteiger partial charge >= 0.3 is 12.2 Å². The number of carbonyl (C=O) groups is 2. The summed E-state index contributed by atoms with van der Waals surface area (Å²) in [6.45, 7) is 0.536. The molecular formula is C18H18N2O5. The van der Waals surface area contributed by atoms with Crippen molar-refractivity contribution in [3.8, 4) is 5.75 Å². The van der Waals surface area contributed by atoms with E-state index in [4.69, 9.17) is 9.47 Å². The fraction of sp³-hybridized carbons (Fsp3) is 0.278. The second-order valence-corrected chi connectivity index (χ2v) is 5.58. The number of anilines is 1. The van der Waals surface area contributed by atoms with Crippen molar-refractivity contribution >= 4 is 17.9 Å². The average molecular weight is 342 g/mol. The van der Waals surface area contributed by atoms with E-state index < -0.39 is 6.16 Å². The van der Waals surface area contributed by atoms with Crippen LogP contribution in [-0.2, 0) is 15.9 Å². The summed E-state index contributed by atoms with van der Waals surface area (Å²) in [6.07, 6.45) is 0.978. The minimum absolute atomic E-state index is 0.121. The van der Waals surface area contributed by atoms with Gasteiger partial charge in [-0.2, -0.15) is 0 Å². The molecule has 130 valence electrons. The fourth-order valence-corrected chi connectivity index (χ4v) is 2.94. The van der Waals surface area contributed by atoms with Gasteiger partial charge in [0.1, 0.15) is 0 Å². The van der Waals surface area contributed by atoms with E-state index >= 15 is 0 Å². The molecule has 2 heterocycles. The van der Waals surface area contributed by atoms with Crippen LogP contribution in [0.4, 0.5) is 15.3 Å². The number of hydrogen-bond donors (Lipinski definition) is 0. The Kier molecular flexibility index (Phi) is 4.83. The van der Waals surface area contributed by atoms with Crippen LogP contribution < -0.4 is 9.64 Å². The minimum atomic E-state index is -0.784. The topological polar surface area (TPSA) is 78.0 Å². The van der Waals surface area contributed by atoms with Crippen molar-refractivity contribution in [3.63, 3.8) is 0 Å². The molecule has 0 saturated carbocycles. The van der Waals surface area contributed by atoms with Crippen LogP contribution in [-0.4, -0.2) is 38.0 Å². The van der Waals surface area contributed by atoms with Gasteiger partial charge in [-0.1, -0.05) is 18.2 Å². The molecule has 1 aromatic heterocycles. The van der Waals surface area contributed by atoms with E-state index in [1.165, 1.54) is 20.4 Å². The van der Waals surface area contributed by atoms with E-state index in [2.05, 4.69) is 9.72 Å². The van der Waals surface area contributed by atoms with E-state index in [0.29, 0.717) is 18.7 Å². The summed E-state index contributed by atoms with van der Waals surface area (Å²) in [5.41, 5.74) is 2.79. The van der Waals surface area contributed by atoms with Gasteiger partial charge in [0.2, 0.25) is 0 Å². The monoisotopic (exact) mass is 342 g/mol. The Hall–Kier alpha value is -3.09. The molecule has 1 aliphatic rings. The maximum absolute atomic E-state index is 12.0. The third kappa shape index (κ3) is 3.55. The van der Waals surface area contributed by atoms with Crippen molar-refractivity contribution in [3.05, 3.63) is 53.9 Å². The van der Waals surface area contributed by atoms with Crippen molar-refractivity contribution in [2.24, 2.45) is 0 Å². The lowest BCUT2D eigenvalue weighted by atomic mass is 9.96. The Morgan fingerprint density at radius 3 is 2.64 bits per heavy atom. The van der Waals surface area contributed by atoms with Crippen LogP contribution in [0.1, 0.15) is 17.2 Å². The molecular weight excluding hydrogens is 324 g/mol. The standard InChI is InChI=1S/C18H18N2O5/c1-23-17(21)20-11-12(15-5-3-4-6-16(15)20)9-13-7-8-14(10-19-13)25-18(22)24-2/h3-8,10,12H,9,11H2,1-2H3. The molecule has 1 amide bonds. The van der Waals surface area contributed by atoms with Crippen LogP contribution in [0, 0.1) is 0 Å². The van der Waals surface area contributed by atoms with E-state index in [1.54, 1.807) is 17.0 Å². The molecule has 0 radical (unpaired) electrons. The zero-order valence-corrected chi connectivity index (χ0v) is 14.0. The highest BCUT2D eigenvalue weighted by Crippen LogP contribution is 2.38. The molecule has 3 rings (SSSR count). The molecule has 1 atom stereocenters. The summed E-state index contributed by atoms with van der Waals surface area (Å²) < 4.78 is 14.2. The highest BCUT2D eigenvalue weighted by Gasteiger charge is 2.32. The van der Waals surface area contributed by atoms with Crippen molar-refractivity contribution < 1.29 is 23.8 Å². The van der Waals surface area contributed by atoms with Gasteiger partial charge in [-0.15, -0.1) is 0 Å². The Labute approximate surface area is 145 Å². The van der Waals surface area contributed by atoms with Gasteiger partial charge in [0.05, 0.1) is 26.1 Å². The number of nitrogens with zero attached hydrogens (tertiary/aromatic N) is 2. The molecule has 25 heavy (non-hydrogen) atoms. The Morgan fingerprint density at radius 2 is 1.96 bits per heavy atom. The van der Waals surface area contributed by atoms with E-state index in [0.717, 1.165) is 16.9 Å². The van der Waals surface area contributed by atoms with Gasteiger partial charge in [-0.25, -0.2) is 9.59 Å². The number of aromatic nitrogens is 1. The zero-order chi connectivity index (χ0) is 17.8. The first-order chi connectivity index (χ1) is 12.1. The third-order valence-corrected chi connectivity index (χ3v) is 4.09. The molecule has 0 N–H and O–H groups in total. The van der Waals surface area contributed by atoms with Gasteiger partial charge in [0.15, 0.2) is 5.75 Å². The quantitative estimate of drug-likeness (QED) is 0.798. The summed E-state index contributed by atoms with van der Waals surface area (Å²) in [7, 11) is 2.62. The zero-order valence-electron chi connectivity index (χ0n) is 14.0. The van der Waals surface area contributed by atoms with E-state index in [9.17, 15) is 9.59 Å². The molecule has 0 spiro atoms. The number of fused-ring (bicyclic) bond motifs is 1. The van der Waals surface area contributed by atoms with Gasteiger partial charge in [0.25, 0.3) is 0 Å². The molecule has 1 aliphatic heterocycles. The lowest BCUT2D eigenvalue weighted by Crippen LogP contribution is -2.29. The highest BCUT2D eigenvalue weighted by molar-refractivity contribution is 5.90. The van der Waals surface area contributed by atoms with Crippen LogP contribution in [0.3, 0.4) is 0 Å². The summed E-state index contributed by atoms with van der Waals surface area (Å²) in [5.74, 6) is 0.439. The predicted molar refractivity (Wildman–Crippen MR) is 89.9 cm³/mol. The summed E-state index contributed by atoms with van der Waals surface area (Å²) in [6, 6.07) is 11.2. The molecule has 0 fully saturated rings. The van der Waals surface area contributed by atoms with Crippen molar-refractivity contribution in [2.45, 2.75) is 12.3 Å². The third-order valence-electron chi connectivity index (χ3n) is 4.09. The molecule has 0 aliphatic carbocycles. The average Bonchev–Trinajstić information content (AvgIpc) is 3.01. The summed E-state index contributed by atoms with van der Waals surface area (Å²) in [4.78, 5) is 29.0. The first-order valence-electron chi connectivity index (χ1n) is 7.77. The number of para-hydroxylation sites is 1. The van der Waals surface area contributed by atoms with Crippen LogP contribution in [0.25, 0.3) is 0 Å². The Bertz CT molecular complexity index is 775. The SMILES string of the molecule is COC(=O)Oc1ccc(CC2CN(C(=O)OC)c3ccccc32)nc1. The number of ether oxygens (including phenoxy) is 3. The van der Waals surface area contributed by atoms with Crippen LogP contribution >= 0.6 is 0 Å². The number of pyridine rings is 1. The number of amides is 1. The Balaban J connectivity index is 1.75. The van der Waals surface area contributed by atoms with Gasteiger partial charge < -0.3 is 14.2 Å². The second-order valence-electron chi connectivity index (χ2n) is 5.58. The van der Waals surface area contributed by atoms with Crippen LogP contribution in [0.2, 0.25) is 0 Å². The number of carbonyl (C=O) groups excluding carboxylic acids is 2. The first kappa shape index (κ1) is 16.8. The molecule has 7 nitrogen and oxygen atoms in total. The smallest absolute Gasteiger partial charge is 0.452 e. The van der Waals surface area contributed by atoms with Crippen LogP contribution in [0.5, 0.6) is 5.75 Å². The molecule has 1 unspecified atom stereocenters. The molecule has 0 bridgehead atoms. The maximum atomic E-state index is 12.0. The van der Waals surface area contributed by atoms with Crippen molar-refractivity contribution in [2.75, 3.05) is 25.7 Å². The number of rotatable bonds is 3. The molecule has 7 heteroatoms. The number of hydrogen-bond acceptors (Lipinski definition) is 6. The predicted octanol–water partition coefficient (Wildman–Crippen LogP) is 3.14.